The third kappa shape index (κ3) is 6.89. The summed E-state index contributed by atoms with van der Waals surface area (Å²) in [7, 11) is 0. The number of esters is 1. The number of hydrogen-bond acceptors (Lipinski definition) is 5. The lowest BCUT2D eigenvalue weighted by atomic mass is 9.83. The Balaban J connectivity index is 1.37. The molecule has 0 unspecified atom stereocenters. The quantitative estimate of drug-likeness (QED) is 0.241. The number of rotatable bonds is 8. The molecule has 0 bridgehead atoms. The number of nitrogens with zero attached hydrogens (tertiary/aromatic N) is 1. The minimum absolute atomic E-state index is 0.0326. The lowest BCUT2D eigenvalue weighted by molar-refractivity contribution is -0.155. The molecule has 2 aliphatic rings. The van der Waals surface area contributed by atoms with Crippen LogP contribution in [0.5, 0.6) is 0 Å². The first-order chi connectivity index (χ1) is 18.8. The van der Waals surface area contributed by atoms with E-state index in [1.165, 1.54) is 6.07 Å². The molecule has 1 aliphatic carbocycles. The van der Waals surface area contributed by atoms with E-state index < -0.39 is 34.8 Å². The molecule has 2 aromatic rings. The maximum absolute atomic E-state index is 13.6. The van der Waals surface area contributed by atoms with Gasteiger partial charge in [0.15, 0.2) is 11.6 Å². The summed E-state index contributed by atoms with van der Waals surface area (Å²) in [4.78, 5) is 51.2. The van der Waals surface area contributed by atoms with Crippen molar-refractivity contribution in [3.8, 4) is 0 Å². The van der Waals surface area contributed by atoms with Gasteiger partial charge in [-0.05, 0) is 83.8 Å². The predicted molar refractivity (Wildman–Crippen MR) is 145 cm³/mol. The monoisotopic (exact) mass is 577 g/mol. The number of carbonyl (C=O) groups is 4. The summed E-state index contributed by atoms with van der Waals surface area (Å²) in [6, 6.07) is 2.78. The number of carbonyl (C=O) groups excluding carboxylic acids is 4. The Labute approximate surface area is 236 Å². The molecule has 11 heteroatoms. The van der Waals surface area contributed by atoms with E-state index in [-0.39, 0.29) is 34.0 Å². The van der Waals surface area contributed by atoms with Gasteiger partial charge in [-0.2, -0.15) is 0 Å². The Bertz CT molecular complexity index is 1330. The van der Waals surface area contributed by atoms with Crippen molar-refractivity contribution in [2.45, 2.75) is 90.3 Å². The van der Waals surface area contributed by atoms with Gasteiger partial charge in [-0.25, -0.2) is 8.78 Å². The Morgan fingerprint density at radius 3 is 2.42 bits per heavy atom. The molecule has 1 aromatic heterocycles. The molecule has 2 amide bonds. The zero-order chi connectivity index (χ0) is 29.2. The lowest BCUT2D eigenvalue weighted by Gasteiger charge is -2.29. The fourth-order valence-electron chi connectivity index (χ4n) is 5.43. The molecule has 0 radical (unpaired) electrons. The van der Waals surface area contributed by atoms with Gasteiger partial charge in [0.25, 0.3) is 17.6 Å². The average molecular weight is 578 g/mol. The van der Waals surface area contributed by atoms with Crippen LogP contribution in [0.2, 0.25) is 5.02 Å². The van der Waals surface area contributed by atoms with E-state index >= 15 is 0 Å². The molecular formula is C29H34ClF2N3O5. The normalized spacial score (nSPS) is 18.6. The number of amides is 2. The van der Waals surface area contributed by atoms with Gasteiger partial charge >= 0.3 is 5.97 Å². The van der Waals surface area contributed by atoms with Gasteiger partial charge in [0.1, 0.15) is 11.3 Å². The third-order valence-corrected chi connectivity index (χ3v) is 7.66. The highest BCUT2D eigenvalue weighted by Gasteiger charge is 2.35. The van der Waals surface area contributed by atoms with Gasteiger partial charge in [0.2, 0.25) is 0 Å². The standard InChI is InChI=1S/C29H34ClF2N3O5/c1-29(2,3)40-22(36)13-8-16-6-9-17(10-7-16)33-28(39)26(37)25-24(30)23(21-5-4-14-35(21)25)27(38)34-18-11-12-19(31)20(32)15-18/h11-12,15-17H,4-10,13-14H2,1-3H3,(H,33,39)(H,34,38)/t16-,17+. The molecule has 1 saturated carbocycles. The Morgan fingerprint density at radius 2 is 1.77 bits per heavy atom. The first-order valence-corrected chi connectivity index (χ1v) is 14.0. The molecule has 40 heavy (non-hydrogen) atoms. The summed E-state index contributed by atoms with van der Waals surface area (Å²) in [6.45, 7) is 5.93. The Kier molecular flexibility index (Phi) is 8.97. The first kappa shape index (κ1) is 29.7. The second-order valence-corrected chi connectivity index (χ2v) is 11.8. The van der Waals surface area contributed by atoms with Crippen molar-refractivity contribution in [3.63, 3.8) is 0 Å². The van der Waals surface area contributed by atoms with E-state index in [1.807, 2.05) is 20.8 Å². The SMILES string of the molecule is CC(C)(C)OC(=O)CC[C@H]1CC[C@@H](NC(=O)C(=O)c2c(Cl)c(C(=O)Nc3ccc(F)c(F)c3)c3n2CCC3)CC1. The van der Waals surface area contributed by atoms with E-state index in [0.29, 0.717) is 50.3 Å². The van der Waals surface area contributed by atoms with Gasteiger partial charge in [0, 0.05) is 36.5 Å². The number of halogens is 3. The molecule has 1 fully saturated rings. The van der Waals surface area contributed by atoms with Gasteiger partial charge in [-0.1, -0.05) is 11.6 Å². The number of Topliss-reactive ketones (excluding diaryl/α,β-unsaturated/α-hetero) is 1. The summed E-state index contributed by atoms with van der Waals surface area (Å²) in [5, 5.41) is 5.17. The van der Waals surface area contributed by atoms with Crippen LogP contribution in [0, 0.1) is 17.6 Å². The average Bonchev–Trinajstić information content (AvgIpc) is 3.43. The second-order valence-electron chi connectivity index (χ2n) is 11.5. The van der Waals surface area contributed by atoms with Crippen molar-refractivity contribution in [1.29, 1.82) is 0 Å². The van der Waals surface area contributed by atoms with E-state index in [1.54, 1.807) is 4.57 Å². The van der Waals surface area contributed by atoms with Gasteiger partial charge < -0.3 is 19.9 Å². The number of anilines is 1. The molecular weight excluding hydrogens is 544 g/mol. The van der Waals surface area contributed by atoms with Gasteiger partial charge in [0.05, 0.1) is 10.6 Å². The number of hydrogen-bond donors (Lipinski definition) is 2. The molecule has 0 spiro atoms. The van der Waals surface area contributed by atoms with Crippen LogP contribution in [0.3, 0.4) is 0 Å². The number of ketones is 1. The van der Waals surface area contributed by atoms with Crippen LogP contribution in [-0.2, 0) is 27.3 Å². The van der Waals surface area contributed by atoms with Crippen molar-refractivity contribution in [3.05, 3.63) is 51.8 Å². The van der Waals surface area contributed by atoms with Crippen molar-refractivity contribution in [1.82, 2.24) is 9.88 Å². The Morgan fingerprint density at radius 1 is 1.07 bits per heavy atom. The zero-order valence-electron chi connectivity index (χ0n) is 22.9. The van der Waals surface area contributed by atoms with Gasteiger partial charge in [-0.15, -0.1) is 0 Å². The molecule has 1 aliphatic heterocycles. The molecule has 216 valence electrons. The zero-order valence-corrected chi connectivity index (χ0v) is 23.6. The summed E-state index contributed by atoms with van der Waals surface area (Å²) in [5.41, 5.74) is 0.0388. The van der Waals surface area contributed by atoms with Crippen LogP contribution in [0.25, 0.3) is 0 Å². The van der Waals surface area contributed by atoms with Crippen LogP contribution in [0.15, 0.2) is 18.2 Å². The number of ether oxygens (including phenoxy) is 1. The summed E-state index contributed by atoms with van der Waals surface area (Å²) in [5.74, 6) is -4.33. The summed E-state index contributed by atoms with van der Waals surface area (Å²) < 4.78 is 33.8. The van der Waals surface area contributed by atoms with Crippen LogP contribution < -0.4 is 10.6 Å². The third-order valence-electron chi connectivity index (χ3n) is 7.29. The fraction of sp³-hybridized carbons (Fsp3) is 0.517. The van der Waals surface area contributed by atoms with Crippen molar-refractivity contribution in [2.75, 3.05) is 5.32 Å². The maximum atomic E-state index is 13.6. The summed E-state index contributed by atoms with van der Waals surface area (Å²) >= 11 is 6.51. The number of nitrogens with one attached hydrogen (secondary N) is 2. The van der Waals surface area contributed by atoms with E-state index in [2.05, 4.69) is 10.6 Å². The van der Waals surface area contributed by atoms with Crippen LogP contribution in [0.4, 0.5) is 14.5 Å². The van der Waals surface area contributed by atoms with Crippen molar-refractivity contribution >= 4 is 40.9 Å². The Hall–Kier alpha value is -3.27. The highest BCUT2D eigenvalue weighted by Crippen LogP contribution is 2.34. The summed E-state index contributed by atoms with van der Waals surface area (Å²) in [6.07, 6.45) is 5.20. The molecule has 2 heterocycles. The number of benzene rings is 1. The highest BCUT2D eigenvalue weighted by atomic mass is 35.5. The van der Waals surface area contributed by atoms with Crippen LogP contribution in [-0.4, -0.2) is 39.8 Å². The minimum atomic E-state index is -1.12. The topological polar surface area (TPSA) is 106 Å². The first-order valence-electron chi connectivity index (χ1n) is 13.6. The molecule has 1 aromatic carbocycles. The smallest absolute Gasteiger partial charge is 0.306 e. The second kappa shape index (κ2) is 12.1. The maximum Gasteiger partial charge on any atom is 0.306 e. The lowest BCUT2D eigenvalue weighted by Crippen LogP contribution is -2.41. The van der Waals surface area contributed by atoms with E-state index in [4.69, 9.17) is 16.3 Å². The van der Waals surface area contributed by atoms with E-state index in [0.717, 1.165) is 31.4 Å². The largest absolute Gasteiger partial charge is 0.460 e. The van der Waals surface area contributed by atoms with Gasteiger partial charge in [-0.3, -0.25) is 19.2 Å². The molecule has 0 saturated heterocycles. The number of aromatic nitrogens is 1. The highest BCUT2D eigenvalue weighted by molar-refractivity contribution is 6.48. The van der Waals surface area contributed by atoms with Crippen LogP contribution in [0.1, 0.15) is 92.3 Å². The minimum Gasteiger partial charge on any atom is -0.460 e. The molecule has 4 rings (SSSR count). The number of fused-ring (bicyclic) bond motifs is 1. The van der Waals surface area contributed by atoms with Crippen LogP contribution >= 0.6 is 11.6 Å². The predicted octanol–water partition coefficient (Wildman–Crippen LogP) is 5.60. The molecule has 0 atom stereocenters. The van der Waals surface area contributed by atoms with Crippen molar-refractivity contribution < 1.29 is 32.7 Å². The van der Waals surface area contributed by atoms with E-state index in [9.17, 15) is 28.0 Å². The molecule has 2 N–H and O–H groups in total. The fourth-order valence-corrected chi connectivity index (χ4v) is 5.82. The molecule has 8 nitrogen and oxygen atoms in total. The van der Waals surface area contributed by atoms with Crippen molar-refractivity contribution in [2.24, 2.45) is 5.92 Å².